The average Bonchev–Trinajstić information content (AvgIpc) is 2.77. The van der Waals surface area contributed by atoms with E-state index >= 15 is 0 Å². The summed E-state index contributed by atoms with van der Waals surface area (Å²) in [6, 6.07) is 10.1. The lowest BCUT2D eigenvalue weighted by Crippen LogP contribution is -2.47. The van der Waals surface area contributed by atoms with Gasteiger partial charge in [0, 0.05) is 13.6 Å². The van der Waals surface area contributed by atoms with Crippen molar-refractivity contribution in [2.45, 2.75) is 52.7 Å². The maximum Gasteiger partial charge on any atom is 0.229 e. The number of benzene rings is 1. The zero-order valence-electron chi connectivity index (χ0n) is 14.1. The van der Waals surface area contributed by atoms with Crippen LogP contribution in [0.25, 0.3) is 0 Å². The van der Waals surface area contributed by atoms with E-state index in [-0.39, 0.29) is 22.8 Å². The number of hydrogen-bond donors (Lipinski definition) is 1. The van der Waals surface area contributed by atoms with Crippen molar-refractivity contribution in [1.29, 1.82) is 0 Å². The number of carbonyl (C=O) groups excluding carboxylic acids is 1. The fraction of sp³-hybridized carbons (Fsp3) is 0.632. The van der Waals surface area contributed by atoms with Gasteiger partial charge in [-0.1, -0.05) is 51.1 Å². The van der Waals surface area contributed by atoms with Crippen LogP contribution in [0, 0.1) is 16.2 Å². The van der Waals surface area contributed by atoms with E-state index in [4.69, 9.17) is 0 Å². The first-order chi connectivity index (χ1) is 10.2. The van der Waals surface area contributed by atoms with Crippen molar-refractivity contribution in [1.82, 2.24) is 4.90 Å². The second-order valence-electron chi connectivity index (χ2n) is 7.99. The van der Waals surface area contributed by atoms with E-state index in [0.29, 0.717) is 13.0 Å². The first-order valence-electron chi connectivity index (χ1n) is 8.22. The fourth-order valence-electron chi connectivity index (χ4n) is 4.90. The minimum Gasteiger partial charge on any atom is -0.393 e. The van der Waals surface area contributed by atoms with Crippen molar-refractivity contribution in [3.05, 3.63) is 35.9 Å². The van der Waals surface area contributed by atoms with Crippen LogP contribution in [0.4, 0.5) is 0 Å². The molecule has 0 aromatic heterocycles. The molecule has 1 aromatic rings. The summed E-state index contributed by atoms with van der Waals surface area (Å²) in [5, 5.41) is 10.5. The van der Waals surface area contributed by atoms with Crippen molar-refractivity contribution in [2.75, 3.05) is 7.05 Å². The van der Waals surface area contributed by atoms with Crippen LogP contribution in [-0.4, -0.2) is 29.1 Å². The lowest BCUT2D eigenvalue weighted by Gasteiger charge is -2.41. The third kappa shape index (κ3) is 1.81. The highest BCUT2D eigenvalue weighted by Crippen LogP contribution is 2.72. The van der Waals surface area contributed by atoms with Crippen molar-refractivity contribution in [3.8, 4) is 0 Å². The summed E-state index contributed by atoms with van der Waals surface area (Å²) in [4.78, 5) is 15.1. The van der Waals surface area contributed by atoms with E-state index < -0.39 is 5.41 Å². The smallest absolute Gasteiger partial charge is 0.229 e. The van der Waals surface area contributed by atoms with E-state index in [1.54, 1.807) is 0 Å². The molecule has 3 unspecified atom stereocenters. The Labute approximate surface area is 133 Å². The lowest BCUT2D eigenvalue weighted by molar-refractivity contribution is -0.146. The van der Waals surface area contributed by atoms with E-state index in [2.05, 4.69) is 32.9 Å². The third-order valence-corrected chi connectivity index (χ3v) is 6.99. The van der Waals surface area contributed by atoms with Crippen molar-refractivity contribution in [3.63, 3.8) is 0 Å². The normalized spacial score (nSPS) is 35.6. The molecule has 1 N–H and O–H groups in total. The van der Waals surface area contributed by atoms with Crippen LogP contribution < -0.4 is 0 Å². The van der Waals surface area contributed by atoms with E-state index in [1.807, 2.05) is 30.1 Å². The van der Waals surface area contributed by atoms with Crippen molar-refractivity contribution >= 4 is 5.91 Å². The lowest BCUT2D eigenvalue weighted by atomic mass is 9.64. The number of carbonyl (C=O) groups is 1. The molecule has 2 fully saturated rings. The maximum absolute atomic E-state index is 13.2. The van der Waals surface area contributed by atoms with Crippen molar-refractivity contribution in [2.24, 2.45) is 16.2 Å². The SMILES string of the molecule is CN(Cc1ccccc1)C(=O)C12CCC(C)(C(O)C1)C2(C)C. The Bertz CT molecular complexity index is 582. The predicted molar refractivity (Wildman–Crippen MR) is 87.1 cm³/mol. The highest BCUT2D eigenvalue weighted by molar-refractivity contribution is 5.85. The standard InChI is InChI=1S/C19H27NO2/c1-17(2)18(3)10-11-19(17,12-15(18)21)16(22)20(4)13-14-8-6-5-7-9-14/h5-9,15,21H,10-13H2,1-4H3. The van der Waals surface area contributed by atoms with Gasteiger partial charge in [0.1, 0.15) is 0 Å². The van der Waals surface area contributed by atoms with Gasteiger partial charge < -0.3 is 10.0 Å². The molecule has 3 atom stereocenters. The van der Waals surface area contributed by atoms with Crippen LogP contribution in [0.1, 0.15) is 45.6 Å². The second-order valence-corrected chi connectivity index (χ2v) is 7.99. The van der Waals surface area contributed by atoms with Gasteiger partial charge in [0.05, 0.1) is 11.5 Å². The molecule has 0 radical (unpaired) electrons. The van der Waals surface area contributed by atoms with Gasteiger partial charge in [-0.3, -0.25) is 4.79 Å². The molecule has 3 heteroatoms. The van der Waals surface area contributed by atoms with Crippen LogP contribution in [0.15, 0.2) is 30.3 Å². The molecule has 1 amide bonds. The Morgan fingerprint density at radius 2 is 1.86 bits per heavy atom. The summed E-state index contributed by atoms with van der Waals surface area (Å²) in [6.45, 7) is 7.12. The molecule has 2 bridgehead atoms. The molecule has 3 rings (SSSR count). The van der Waals surface area contributed by atoms with Gasteiger partial charge >= 0.3 is 0 Å². The Morgan fingerprint density at radius 3 is 2.36 bits per heavy atom. The van der Waals surface area contributed by atoms with E-state index in [9.17, 15) is 9.90 Å². The summed E-state index contributed by atoms with van der Waals surface area (Å²) in [5.41, 5.74) is 0.425. The minimum atomic E-state index is -0.412. The van der Waals surface area contributed by atoms with Gasteiger partial charge in [0.25, 0.3) is 0 Å². The molecule has 2 saturated carbocycles. The summed E-state index contributed by atoms with van der Waals surface area (Å²) in [7, 11) is 1.89. The molecule has 0 spiro atoms. The van der Waals surface area contributed by atoms with Gasteiger partial charge in [-0.15, -0.1) is 0 Å². The molecule has 0 heterocycles. The molecule has 3 nitrogen and oxygen atoms in total. The Morgan fingerprint density at radius 1 is 1.23 bits per heavy atom. The molecule has 2 aliphatic rings. The van der Waals surface area contributed by atoms with Crippen molar-refractivity contribution < 1.29 is 9.90 Å². The molecule has 120 valence electrons. The number of nitrogens with zero attached hydrogens (tertiary/aromatic N) is 1. The molecule has 22 heavy (non-hydrogen) atoms. The topological polar surface area (TPSA) is 40.5 Å². The van der Waals surface area contributed by atoms with Gasteiger partial charge in [-0.25, -0.2) is 0 Å². The molecule has 0 aliphatic heterocycles. The average molecular weight is 301 g/mol. The first kappa shape index (κ1) is 15.5. The Balaban J connectivity index is 1.86. The summed E-state index contributed by atoms with van der Waals surface area (Å²) < 4.78 is 0. The number of fused-ring (bicyclic) bond motifs is 2. The highest BCUT2D eigenvalue weighted by Gasteiger charge is 2.72. The number of aliphatic hydroxyl groups excluding tert-OH is 1. The van der Waals surface area contributed by atoms with Crippen LogP contribution >= 0.6 is 0 Å². The van der Waals surface area contributed by atoms with E-state index in [0.717, 1.165) is 18.4 Å². The van der Waals surface area contributed by atoms with E-state index in [1.165, 1.54) is 0 Å². The summed E-state index contributed by atoms with van der Waals surface area (Å²) in [6.07, 6.45) is 2.07. The second kappa shape index (κ2) is 4.82. The molecular formula is C19H27NO2. The molecule has 2 aliphatic carbocycles. The molecule has 1 aromatic carbocycles. The minimum absolute atomic E-state index is 0.143. The van der Waals surface area contributed by atoms with Crippen LogP contribution in [0.2, 0.25) is 0 Å². The molecule has 0 saturated heterocycles. The Kier molecular flexibility index (Phi) is 3.41. The third-order valence-electron chi connectivity index (χ3n) is 6.99. The van der Waals surface area contributed by atoms with Gasteiger partial charge in [-0.2, -0.15) is 0 Å². The summed E-state index contributed by atoms with van der Waals surface area (Å²) >= 11 is 0. The summed E-state index contributed by atoms with van der Waals surface area (Å²) in [5.74, 6) is 0.196. The highest BCUT2D eigenvalue weighted by atomic mass is 16.3. The first-order valence-corrected chi connectivity index (χ1v) is 8.22. The molecular weight excluding hydrogens is 274 g/mol. The Hall–Kier alpha value is -1.35. The number of aliphatic hydroxyl groups is 1. The largest absolute Gasteiger partial charge is 0.393 e. The zero-order chi connectivity index (χ0) is 16.2. The fourth-order valence-corrected chi connectivity index (χ4v) is 4.90. The number of amides is 1. The van der Waals surface area contributed by atoms with Gasteiger partial charge in [0.2, 0.25) is 5.91 Å². The van der Waals surface area contributed by atoms with Gasteiger partial charge in [-0.05, 0) is 35.7 Å². The predicted octanol–water partition coefficient (Wildman–Crippen LogP) is 3.22. The van der Waals surface area contributed by atoms with Gasteiger partial charge in [0.15, 0.2) is 0 Å². The monoisotopic (exact) mass is 301 g/mol. The maximum atomic E-state index is 13.2. The quantitative estimate of drug-likeness (QED) is 0.931. The number of hydrogen-bond acceptors (Lipinski definition) is 2. The van der Waals surface area contributed by atoms with Crippen LogP contribution in [-0.2, 0) is 11.3 Å². The van der Waals surface area contributed by atoms with Crippen LogP contribution in [0.5, 0.6) is 0 Å². The zero-order valence-corrected chi connectivity index (χ0v) is 14.1. The number of rotatable bonds is 3. The van der Waals surface area contributed by atoms with Crippen LogP contribution in [0.3, 0.4) is 0 Å².